The highest BCUT2D eigenvalue weighted by Gasteiger charge is 2.32. The number of rotatable bonds is 3. The molecule has 0 aromatic heterocycles. The van der Waals surface area contributed by atoms with Crippen molar-refractivity contribution in [2.45, 2.75) is 19.0 Å². The SMILES string of the molecule is CN(CCC(F)(F)F)C(=O)C1CNC(=O)C1. The van der Waals surface area contributed by atoms with Gasteiger partial charge in [-0.1, -0.05) is 0 Å². The lowest BCUT2D eigenvalue weighted by Crippen LogP contribution is -2.36. The van der Waals surface area contributed by atoms with Gasteiger partial charge in [0.15, 0.2) is 0 Å². The van der Waals surface area contributed by atoms with E-state index in [2.05, 4.69) is 5.32 Å². The zero-order valence-electron chi connectivity index (χ0n) is 8.80. The van der Waals surface area contributed by atoms with Crippen molar-refractivity contribution in [1.82, 2.24) is 10.2 Å². The van der Waals surface area contributed by atoms with Gasteiger partial charge in [0.05, 0.1) is 12.3 Å². The summed E-state index contributed by atoms with van der Waals surface area (Å²) in [4.78, 5) is 23.4. The van der Waals surface area contributed by atoms with E-state index in [1.807, 2.05) is 0 Å². The molecule has 7 heteroatoms. The van der Waals surface area contributed by atoms with Crippen LogP contribution in [0.5, 0.6) is 0 Å². The molecule has 1 unspecified atom stereocenters. The van der Waals surface area contributed by atoms with Gasteiger partial charge in [0.2, 0.25) is 11.8 Å². The van der Waals surface area contributed by atoms with Gasteiger partial charge < -0.3 is 10.2 Å². The summed E-state index contributed by atoms with van der Waals surface area (Å²) in [5.74, 6) is -1.17. The van der Waals surface area contributed by atoms with Gasteiger partial charge in [0, 0.05) is 26.6 Å². The van der Waals surface area contributed by atoms with E-state index in [-0.39, 0.29) is 25.4 Å². The van der Waals surface area contributed by atoms with Crippen LogP contribution in [0.1, 0.15) is 12.8 Å². The van der Waals surface area contributed by atoms with Crippen molar-refractivity contribution in [2.24, 2.45) is 5.92 Å². The van der Waals surface area contributed by atoms with E-state index < -0.39 is 24.4 Å². The Balaban J connectivity index is 2.39. The van der Waals surface area contributed by atoms with E-state index >= 15 is 0 Å². The molecule has 0 aliphatic carbocycles. The Bertz CT molecular complexity index is 291. The van der Waals surface area contributed by atoms with Gasteiger partial charge in [-0.3, -0.25) is 9.59 Å². The zero-order chi connectivity index (χ0) is 12.3. The third-order valence-electron chi connectivity index (χ3n) is 2.43. The molecule has 1 fully saturated rings. The Morgan fingerprint density at radius 3 is 2.62 bits per heavy atom. The third-order valence-corrected chi connectivity index (χ3v) is 2.43. The fourth-order valence-corrected chi connectivity index (χ4v) is 1.50. The average Bonchev–Trinajstić information content (AvgIpc) is 2.59. The molecule has 1 aliphatic rings. The van der Waals surface area contributed by atoms with Crippen molar-refractivity contribution >= 4 is 11.8 Å². The second-order valence-electron chi connectivity index (χ2n) is 3.83. The normalized spacial score (nSPS) is 20.8. The number of nitrogens with zero attached hydrogens (tertiary/aromatic N) is 1. The predicted molar refractivity (Wildman–Crippen MR) is 49.4 cm³/mol. The lowest BCUT2D eigenvalue weighted by molar-refractivity contribution is -0.146. The largest absolute Gasteiger partial charge is 0.390 e. The topological polar surface area (TPSA) is 49.4 Å². The number of hydrogen-bond donors (Lipinski definition) is 1. The Kier molecular flexibility index (Phi) is 3.77. The summed E-state index contributed by atoms with van der Waals surface area (Å²) >= 11 is 0. The molecule has 1 N–H and O–H groups in total. The Morgan fingerprint density at radius 1 is 1.56 bits per heavy atom. The van der Waals surface area contributed by atoms with Crippen molar-refractivity contribution in [1.29, 1.82) is 0 Å². The molecular weight excluding hydrogens is 225 g/mol. The van der Waals surface area contributed by atoms with Crippen LogP contribution in [0.3, 0.4) is 0 Å². The fourth-order valence-electron chi connectivity index (χ4n) is 1.50. The third kappa shape index (κ3) is 3.71. The van der Waals surface area contributed by atoms with Gasteiger partial charge in [-0.15, -0.1) is 0 Å². The van der Waals surface area contributed by atoms with E-state index in [9.17, 15) is 22.8 Å². The van der Waals surface area contributed by atoms with E-state index in [4.69, 9.17) is 0 Å². The highest BCUT2D eigenvalue weighted by Crippen LogP contribution is 2.20. The highest BCUT2D eigenvalue weighted by atomic mass is 19.4. The minimum absolute atomic E-state index is 0.0647. The molecule has 1 aliphatic heterocycles. The summed E-state index contributed by atoms with van der Waals surface area (Å²) in [6.45, 7) is -0.152. The quantitative estimate of drug-likeness (QED) is 0.779. The first-order chi connectivity index (χ1) is 7.29. The van der Waals surface area contributed by atoms with Gasteiger partial charge in [-0.05, 0) is 0 Å². The van der Waals surface area contributed by atoms with Crippen LogP contribution in [0.25, 0.3) is 0 Å². The summed E-state index contributed by atoms with van der Waals surface area (Å²) < 4.78 is 35.7. The molecule has 1 heterocycles. The van der Waals surface area contributed by atoms with Crippen LogP contribution >= 0.6 is 0 Å². The Morgan fingerprint density at radius 2 is 2.19 bits per heavy atom. The highest BCUT2D eigenvalue weighted by molar-refractivity contribution is 5.89. The molecule has 1 rings (SSSR count). The summed E-state index contributed by atoms with van der Waals surface area (Å²) in [5.41, 5.74) is 0. The lowest BCUT2D eigenvalue weighted by atomic mass is 10.1. The van der Waals surface area contributed by atoms with Crippen LogP contribution in [-0.2, 0) is 9.59 Å². The van der Waals surface area contributed by atoms with E-state index in [1.165, 1.54) is 7.05 Å². The van der Waals surface area contributed by atoms with E-state index in [0.29, 0.717) is 0 Å². The molecule has 1 saturated heterocycles. The number of nitrogens with one attached hydrogen (secondary N) is 1. The van der Waals surface area contributed by atoms with Crippen molar-refractivity contribution in [3.05, 3.63) is 0 Å². The van der Waals surface area contributed by atoms with E-state index in [0.717, 1.165) is 4.90 Å². The fraction of sp³-hybridized carbons (Fsp3) is 0.778. The average molecular weight is 238 g/mol. The van der Waals surface area contributed by atoms with Gasteiger partial charge >= 0.3 is 6.18 Å². The summed E-state index contributed by atoms with van der Waals surface area (Å²) in [7, 11) is 1.32. The molecule has 0 bridgehead atoms. The minimum Gasteiger partial charge on any atom is -0.355 e. The minimum atomic E-state index is -4.27. The standard InChI is InChI=1S/C9H13F3N2O2/c1-14(3-2-9(10,11)12)8(16)6-4-7(15)13-5-6/h6H,2-5H2,1H3,(H,13,15). The number of alkyl halides is 3. The smallest absolute Gasteiger partial charge is 0.355 e. The van der Waals surface area contributed by atoms with Crippen molar-refractivity contribution in [3.8, 4) is 0 Å². The first kappa shape index (κ1) is 12.8. The van der Waals surface area contributed by atoms with Crippen LogP contribution in [0.4, 0.5) is 13.2 Å². The maximum atomic E-state index is 11.9. The molecule has 4 nitrogen and oxygen atoms in total. The summed E-state index contributed by atoms with van der Waals surface area (Å²) in [5, 5.41) is 2.47. The molecule has 0 aromatic carbocycles. The van der Waals surface area contributed by atoms with Crippen molar-refractivity contribution < 1.29 is 22.8 Å². The number of carbonyl (C=O) groups excluding carboxylic acids is 2. The molecule has 0 saturated carbocycles. The maximum Gasteiger partial charge on any atom is 0.390 e. The molecule has 2 amide bonds. The van der Waals surface area contributed by atoms with Gasteiger partial charge in [-0.25, -0.2) is 0 Å². The van der Waals surface area contributed by atoms with Crippen LogP contribution in [0.15, 0.2) is 0 Å². The Labute approximate surface area is 90.8 Å². The van der Waals surface area contributed by atoms with Gasteiger partial charge in [-0.2, -0.15) is 13.2 Å². The second-order valence-corrected chi connectivity index (χ2v) is 3.83. The molecule has 0 spiro atoms. The number of amides is 2. The van der Waals surface area contributed by atoms with Crippen LogP contribution < -0.4 is 5.32 Å². The maximum absolute atomic E-state index is 11.9. The number of carbonyl (C=O) groups is 2. The summed E-state index contributed by atoms with van der Waals surface area (Å²) in [6, 6.07) is 0. The first-order valence-electron chi connectivity index (χ1n) is 4.88. The molecule has 1 atom stereocenters. The molecular formula is C9H13F3N2O2. The van der Waals surface area contributed by atoms with Gasteiger partial charge in [0.1, 0.15) is 0 Å². The monoisotopic (exact) mass is 238 g/mol. The zero-order valence-corrected chi connectivity index (χ0v) is 8.80. The van der Waals surface area contributed by atoms with Crippen molar-refractivity contribution in [3.63, 3.8) is 0 Å². The van der Waals surface area contributed by atoms with Crippen LogP contribution in [-0.4, -0.2) is 43.0 Å². The molecule has 16 heavy (non-hydrogen) atoms. The lowest BCUT2D eigenvalue weighted by Gasteiger charge is -2.20. The molecule has 0 aromatic rings. The second kappa shape index (κ2) is 4.71. The number of hydrogen-bond acceptors (Lipinski definition) is 2. The van der Waals surface area contributed by atoms with Gasteiger partial charge in [0.25, 0.3) is 0 Å². The summed E-state index contributed by atoms with van der Waals surface area (Å²) in [6.07, 6.45) is -5.23. The van der Waals surface area contributed by atoms with Crippen LogP contribution in [0.2, 0.25) is 0 Å². The van der Waals surface area contributed by atoms with Crippen LogP contribution in [0, 0.1) is 5.92 Å². The predicted octanol–water partition coefficient (Wildman–Crippen LogP) is 0.533. The molecule has 0 radical (unpaired) electrons. The first-order valence-corrected chi connectivity index (χ1v) is 4.88. The van der Waals surface area contributed by atoms with Crippen molar-refractivity contribution in [2.75, 3.05) is 20.1 Å². The van der Waals surface area contributed by atoms with E-state index in [1.54, 1.807) is 0 Å². The molecule has 92 valence electrons. The number of halogens is 3. The Hall–Kier alpha value is -1.27.